The van der Waals surface area contributed by atoms with E-state index in [2.05, 4.69) is 4.98 Å². The number of primary amides is 1. The van der Waals surface area contributed by atoms with Gasteiger partial charge in [0.2, 0.25) is 5.91 Å². The van der Waals surface area contributed by atoms with Gasteiger partial charge in [0.25, 0.3) is 5.56 Å². The molecule has 5 nitrogen and oxygen atoms in total. The minimum Gasteiger partial charge on any atom is -0.368 e. The second kappa shape index (κ2) is 4.78. The van der Waals surface area contributed by atoms with Gasteiger partial charge in [-0.3, -0.25) is 14.2 Å². The van der Waals surface area contributed by atoms with Gasteiger partial charge in [0, 0.05) is 0 Å². The zero-order valence-electron chi connectivity index (χ0n) is 9.76. The van der Waals surface area contributed by atoms with Crippen molar-refractivity contribution in [2.24, 2.45) is 5.73 Å². The fraction of sp³-hybridized carbons (Fsp3) is 0.250. The van der Waals surface area contributed by atoms with Crippen LogP contribution in [-0.4, -0.2) is 15.5 Å². The smallest absolute Gasteiger partial charge is 0.261 e. The molecule has 1 atom stereocenters. The summed E-state index contributed by atoms with van der Waals surface area (Å²) < 4.78 is 1.22. The molecular formula is C12H12ClN3O2. The molecule has 0 spiro atoms. The second-order valence-corrected chi connectivity index (χ2v) is 4.62. The lowest BCUT2D eigenvalue weighted by atomic mass is 10.2. The van der Waals surface area contributed by atoms with Crippen LogP contribution < -0.4 is 11.3 Å². The number of alkyl halides is 1. The number of rotatable bonds is 3. The summed E-state index contributed by atoms with van der Waals surface area (Å²) in [5.74, 6) is -0.257. The molecule has 0 radical (unpaired) electrons. The van der Waals surface area contributed by atoms with E-state index in [1.54, 1.807) is 31.2 Å². The molecule has 0 fully saturated rings. The lowest BCUT2D eigenvalue weighted by molar-refractivity contribution is -0.118. The van der Waals surface area contributed by atoms with Crippen LogP contribution in [0.3, 0.4) is 0 Å². The van der Waals surface area contributed by atoms with E-state index in [-0.39, 0.29) is 12.1 Å². The van der Waals surface area contributed by atoms with Crippen molar-refractivity contribution in [2.45, 2.75) is 18.8 Å². The number of benzene rings is 1. The zero-order chi connectivity index (χ0) is 13.3. The number of carbonyl (C=O) groups is 1. The Morgan fingerprint density at radius 1 is 1.50 bits per heavy atom. The van der Waals surface area contributed by atoms with Crippen LogP contribution in [0, 0.1) is 0 Å². The van der Waals surface area contributed by atoms with Crippen molar-refractivity contribution in [3.63, 3.8) is 0 Å². The Morgan fingerprint density at radius 2 is 2.17 bits per heavy atom. The van der Waals surface area contributed by atoms with Gasteiger partial charge in [-0.05, 0) is 19.1 Å². The van der Waals surface area contributed by atoms with Crippen molar-refractivity contribution < 1.29 is 4.79 Å². The van der Waals surface area contributed by atoms with Gasteiger partial charge in [-0.1, -0.05) is 12.1 Å². The highest BCUT2D eigenvalue weighted by molar-refractivity contribution is 6.20. The Kier molecular flexibility index (Phi) is 3.34. The molecule has 1 aromatic carbocycles. The van der Waals surface area contributed by atoms with Gasteiger partial charge >= 0.3 is 0 Å². The molecule has 1 amide bonds. The third kappa shape index (κ3) is 2.22. The summed E-state index contributed by atoms with van der Waals surface area (Å²) in [7, 11) is 0. The van der Waals surface area contributed by atoms with E-state index >= 15 is 0 Å². The fourth-order valence-electron chi connectivity index (χ4n) is 1.80. The fourth-order valence-corrected chi connectivity index (χ4v) is 1.96. The third-order valence-electron chi connectivity index (χ3n) is 2.56. The average Bonchev–Trinajstić information content (AvgIpc) is 2.32. The second-order valence-electron chi connectivity index (χ2n) is 3.96. The zero-order valence-corrected chi connectivity index (χ0v) is 10.5. The number of halogens is 1. The molecular weight excluding hydrogens is 254 g/mol. The van der Waals surface area contributed by atoms with Crippen LogP contribution in [0.5, 0.6) is 0 Å². The number of amides is 1. The van der Waals surface area contributed by atoms with E-state index in [1.807, 2.05) is 0 Å². The van der Waals surface area contributed by atoms with Crippen LogP contribution in [-0.2, 0) is 11.3 Å². The first-order chi connectivity index (χ1) is 8.50. The molecule has 18 heavy (non-hydrogen) atoms. The summed E-state index contributed by atoms with van der Waals surface area (Å²) in [5, 5.41) is -0.0403. The average molecular weight is 266 g/mol. The first-order valence-corrected chi connectivity index (χ1v) is 5.86. The highest BCUT2D eigenvalue weighted by atomic mass is 35.5. The predicted octanol–water partition coefficient (Wildman–Crippen LogP) is 1.18. The number of fused-ring (bicyclic) bond motifs is 1. The first kappa shape index (κ1) is 12.6. The van der Waals surface area contributed by atoms with Gasteiger partial charge < -0.3 is 5.73 Å². The van der Waals surface area contributed by atoms with Crippen LogP contribution in [0.1, 0.15) is 18.1 Å². The maximum Gasteiger partial charge on any atom is 0.261 e. The standard InChI is InChI=1S/C12H12ClN3O2/c1-7(13)11-15-9-5-3-2-4-8(9)12(18)16(11)6-10(14)17/h2-5,7H,6H2,1H3,(H2,14,17). The van der Waals surface area contributed by atoms with Crippen molar-refractivity contribution in [1.29, 1.82) is 0 Å². The molecule has 2 N–H and O–H groups in total. The highest BCUT2D eigenvalue weighted by Gasteiger charge is 2.15. The summed E-state index contributed by atoms with van der Waals surface area (Å²) in [5.41, 5.74) is 5.39. The number of aromatic nitrogens is 2. The molecule has 94 valence electrons. The normalized spacial score (nSPS) is 12.6. The Morgan fingerprint density at radius 3 is 2.78 bits per heavy atom. The van der Waals surface area contributed by atoms with Crippen LogP contribution in [0.2, 0.25) is 0 Å². The number of hydrogen-bond acceptors (Lipinski definition) is 3. The summed E-state index contributed by atoms with van der Waals surface area (Å²) in [6, 6.07) is 6.92. The van der Waals surface area contributed by atoms with Gasteiger partial charge in [0.05, 0.1) is 16.3 Å². The predicted molar refractivity (Wildman–Crippen MR) is 69.5 cm³/mol. The Bertz CT molecular complexity index is 664. The van der Waals surface area contributed by atoms with E-state index in [0.29, 0.717) is 16.7 Å². The van der Waals surface area contributed by atoms with Gasteiger partial charge in [-0.15, -0.1) is 11.6 Å². The molecule has 6 heteroatoms. The summed E-state index contributed by atoms with van der Waals surface area (Å²) >= 11 is 5.99. The molecule has 2 rings (SSSR count). The largest absolute Gasteiger partial charge is 0.368 e. The summed E-state index contributed by atoms with van der Waals surface area (Å²) in [4.78, 5) is 27.6. The van der Waals surface area contributed by atoms with Crippen LogP contribution >= 0.6 is 11.6 Å². The van der Waals surface area contributed by atoms with Gasteiger partial charge in [0.15, 0.2) is 0 Å². The molecule has 0 aliphatic heterocycles. The highest BCUT2D eigenvalue weighted by Crippen LogP contribution is 2.18. The molecule has 2 aromatic rings. The molecule has 1 unspecified atom stereocenters. The molecule has 0 saturated heterocycles. The van der Waals surface area contributed by atoms with Gasteiger partial charge in [0.1, 0.15) is 12.4 Å². The molecule has 1 heterocycles. The first-order valence-electron chi connectivity index (χ1n) is 5.42. The molecule has 0 bridgehead atoms. The minimum atomic E-state index is -0.604. The van der Waals surface area contributed by atoms with E-state index in [4.69, 9.17) is 17.3 Å². The maximum absolute atomic E-state index is 12.2. The van der Waals surface area contributed by atoms with Gasteiger partial charge in [-0.2, -0.15) is 0 Å². The Hall–Kier alpha value is -1.88. The van der Waals surface area contributed by atoms with Crippen molar-refractivity contribution in [1.82, 2.24) is 9.55 Å². The van der Waals surface area contributed by atoms with Crippen LogP contribution in [0.25, 0.3) is 10.9 Å². The quantitative estimate of drug-likeness (QED) is 0.847. The van der Waals surface area contributed by atoms with Gasteiger partial charge in [-0.25, -0.2) is 4.98 Å². The lowest BCUT2D eigenvalue weighted by Gasteiger charge is -2.13. The monoisotopic (exact) mass is 265 g/mol. The number of nitrogens with two attached hydrogens (primary N) is 1. The third-order valence-corrected chi connectivity index (χ3v) is 2.76. The van der Waals surface area contributed by atoms with E-state index in [1.165, 1.54) is 4.57 Å². The Balaban J connectivity index is 2.79. The Labute approximate surface area is 108 Å². The summed E-state index contributed by atoms with van der Waals surface area (Å²) in [6.45, 7) is 1.47. The van der Waals surface area contributed by atoms with E-state index in [9.17, 15) is 9.59 Å². The van der Waals surface area contributed by atoms with Crippen molar-refractivity contribution in [3.05, 3.63) is 40.4 Å². The van der Waals surface area contributed by atoms with Crippen LogP contribution in [0.15, 0.2) is 29.1 Å². The number of hydrogen-bond donors (Lipinski definition) is 1. The van der Waals surface area contributed by atoms with Crippen LogP contribution in [0.4, 0.5) is 0 Å². The number of nitrogens with zero attached hydrogens (tertiary/aromatic N) is 2. The molecule has 0 saturated carbocycles. The molecule has 0 aliphatic rings. The van der Waals surface area contributed by atoms with E-state index in [0.717, 1.165) is 0 Å². The minimum absolute atomic E-state index is 0.219. The maximum atomic E-state index is 12.2. The van der Waals surface area contributed by atoms with Crippen molar-refractivity contribution in [2.75, 3.05) is 0 Å². The molecule has 1 aromatic heterocycles. The SMILES string of the molecule is CC(Cl)c1nc2ccccc2c(=O)n1CC(N)=O. The number of para-hydroxylation sites is 1. The van der Waals surface area contributed by atoms with E-state index < -0.39 is 11.3 Å². The van der Waals surface area contributed by atoms with Crippen molar-refractivity contribution >= 4 is 28.4 Å². The molecule has 0 aliphatic carbocycles. The van der Waals surface area contributed by atoms with Crippen molar-refractivity contribution in [3.8, 4) is 0 Å². The summed E-state index contributed by atoms with van der Waals surface area (Å²) in [6.07, 6.45) is 0. The lowest BCUT2D eigenvalue weighted by Crippen LogP contribution is -2.31. The number of carbonyl (C=O) groups excluding carboxylic acids is 1. The topological polar surface area (TPSA) is 78.0 Å².